The molecular formula is C10H8N2O3. The SMILES string of the molecule is Cc1cc([N+](=O)[O-])ccc1-c1ccon1. The van der Waals surface area contributed by atoms with E-state index in [0.717, 1.165) is 11.1 Å². The summed E-state index contributed by atoms with van der Waals surface area (Å²) in [5, 5.41) is 14.3. The highest BCUT2D eigenvalue weighted by molar-refractivity contribution is 5.64. The van der Waals surface area contributed by atoms with E-state index >= 15 is 0 Å². The first-order valence-electron chi connectivity index (χ1n) is 4.34. The third-order valence-corrected chi connectivity index (χ3v) is 2.13. The van der Waals surface area contributed by atoms with Gasteiger partial charge in [0.2, 0.25) is 0 Å². The van der Waals surface area contributed by atoms with Crippen LogP contribution in [-0.4, -0.2) is 10.1 Å². The van der Waals surface area contributed by atoms with Crippen molar-refractivity contribution < 1.29 is 9.45 Å². The second-order valence-electron chi connectivity index (χ2n) is 3.14. The van der Waals surface area contributed by atoms with Gasteiger partial charge in [0, 0.05) is 23.8 Å². The molecule has 15 heavy (non-hydrogen) atoms. The zero-order valence-corrected chi connectivity index (χ0v) is 8.01. The highest BCUT2D eigenvalue weighted by atomic mass is 16.6. The van der Waals surface area contributed by atoms with E-state index in [0.29, 0.717) is 5.69 Å². The number of nitrogens with zero attached hydrogens (tertiary/aromatic N) is 2. The molecule has 0 atom stereocenters. The van der Waals surface area contributed by atoms with Crippen LogP contribution >= 0.6 is 0 Å². The summed E-state index contributed by atoms with van der Waals surface area (Å²) >= 11 is 0. The topological polar surface area (TPSA) is 69.2 Å². The van der Waals surface area contributed by atoms with Gasteiger partial charge in [0.1, 0.15) is 12.0 Å². The molecule has 5 nitrogen and oxygen atoms in total. The van der Waals surface area contributed by atoms with Crippen LogP contribution in [0.1, 0.15) is 5.56 Å². The highest BCUT2D eigenvalue weighted by Crippen LogP contribution is 2.25. The van der Waals surface area contributed by atoms with E-state index in [9.17, 15) is 10.1 Å². The van der Waals surface area contributed by atoms with E-state index in [2.05, 4.69) is 5.16 Å². The zero-order chi connectivity index (χ0) is 10.8. The van der Waals surface area contributed by atoms with Crippen LogP contribution < -0.4 is 0 Å². The number of rotatable bonds is 2. The maximum atomic E-state index is 10.5. The Hall–Kier alpha value is -2.17. The monoisotopic (exact) mass is 204 g/mol. The lowest BCUT2D eigenvalue weighted by molar-refractivity contribution is -0.384. The Bertz CT molecular complexity index is 491. The molecular weight excluding hydrogens is 196 g/mol. The molecule has 0 fully saturated rings. The Balaban J connectivity index is 2.48. The van der Waals surface area contributed by atoms with Gasteiger partial charge in [-0.25, -0.2) is 0 Å². The molecule has 0 unspecified atom stereocenters. The molecule has 0 radical (unpaired) electrons. The van der Waals surface area contributed by atoms with E-state index in [4.69, 9.17) is 4.52 Å². The smallest absolute Gasteiger partial charge is 0.269 e. The molecule has 2 aromatic rings. The van der Waals surface area contributed by atoms with Gasteiger partial charge in [-0.15, -0.1) is 0 Å². The average Bonchev–Trinajstić information content (AvgIpc) is 2.70. The molecule has 0 aliphatic carbocycles. The molecule has 0 amide bonds. The average molecular weight is 204 g/mol. The molecule has 0 N–H and O–H groups in total. The summed E-state index contributed by atoms with van der Waals surface area (Å²) in [7, 11) is 0. The molecule has 1 aromatic heterocycles. The number of hydrogen-bond acceptors (Lipinski definition) is 4. The van der Waals surface area contributed by atoms with Crippen molar-refractivity contribution in [3.63, 3.8) is 0 Å². The van der Waals surface area contributed by atoms with Crippen molar-refractivity contribution in [3.05, 3.63) is 46.2 Å². The van der Waals surface area contributed by atoms with Crippen molar-refractivity contribution in [1.82, 2.24) is 5.16 Å². The van der Waals surface area contributed by atoms with Crippen LogP contribution in [0.3, 0.4) is 0 Å². The number of non-ortho nitro benzene ring substituents is 1. The maximum Gasteiger partial charge on any atom is 0.269 e. The Kier molecular flexibility index (Phi) is 2.21. The third-order valence-electron chi connectivity index (χ3n) is 2.13. The Labute approximate surface area is 85.5 Å². The van der Waals surface area contributed by atoms with Crippen LogP contribution in [0.25, 0.3) is 11.3 Å². The first-order valence-corrected chi connectivity index (χ1v) is 4.34. The number of aryl methyl sites for hydroxylation is 1. The van der Waals surface area contributed by atoms with Gasteiger partial charge in [-0.2, -0.15) is 0 Å². The standard InChI is InChI=1S/C10H8N2O3/c1-7-6-8(12(13)14)2-3-9(7)10-4-5-15-11-10/h2-6H,1H3. The van der Waals surface area contributed by atoms with Crippen LogP contribution in [0, 0.1) is 17.0 Å². The first-order chi connectivity index (χ1) is 7.18. The van der Waals surface area contributed by atoms with E-state index < -0.39 is 4.92 Å². The number of aromatic nitrogens is 1. The minimum atomic E-state index is -0.417. The number of hydrogen-bond donors (Lipinski definition) is 0. The summed E-state index contributed by atoms with van der Waals surface area (Å²) in [6.45, 7) is 1.80. The van der Waals surface area contributed by atoms with Gasteiger partial charge in [0.25, 0.3) is 5.69 Å². The van der Waals surface area contributed by atoms with Crippen molar-refractivity contribution in [3.8, 4) is 11.3 Å². The molecule has 0 bridgehead atoms. The van der Waals surface area contributed by atoms with Gasteiger partial charge in [-0.05, 0) is 18.6 Å². The fraction of sp³-hybridized carbons (Fsp3) is 0.100. The maximum absolute atomic E-state index is 10.5. The molecule has 0 saturated carbocycles. The Morgan fingerprint density at radius 3 is 2.73 bits per heavy atom. The van der Waals surface area contributed by atoms with Gasteiger partial charge in [-0.1, -0.05) is 5.16 Å². The first kappa shape index (κ1) is 9.39. The number of nitro groups is 1. The summed E-state index contributed by atoms with van der Waals surface area (Å²) in [6, 6.07) is 6.36. The quantitative estimate of drug-likeness (QED) is 0.556. The molecule has 76 valence electrons. The van der Waals surface area contributed by atoms with Gasteiger partial charge >= 0.3 is 0 Å². The van der Waals surface area contributed by atoms with Crippen molar-refractivity contribution in [2.24, 2.45) is 0 Å². The van der Waals surface area contributed by atoms with E-state index in [1.807, 2.05) is 0 Å². The van der Waals surface area contributed by atoms with Gasteiger partial charge in [-0.3, -0.25) is 10.1 Å². The zero-order valence-electron chi connectivity index (χ0n) is 8.01. The largest absolute Gasteiger partial charge is 0.364 e. The van der Waals surface area contributed by atoms with Crippen LogP contribution in [0.4, 0.5) is 5.69 Å². The van der Waals surface area contributed by atoms with E-state index in [-0.39, 0.29) is 5.69 Å². The lowest BCUT2D eigenvalue weighted by Crippen LogP contribution is -1.90. The number of nitro benzene ring substituents is 1. The molecule has 1 aromatic carbocycles. The van der Waals surface area contributed by atoms with Crippen LogP contribution in [-0.2, 0) is 0 Å². The van der Waals surface area contributed by atoms with Crippen LogP contribution in [0.2, 0.25) is 0 Å². The second kappa shape index (κ2) is 3.53. The predicted octanol–water partition coefficient (Wildman–Crippen LogP) is 2.56. The predicted molar refractivity (Wildman–Crippen MR) is 53.3 cm³/mol. The van der Waals surface area contributed by atoms with Crippen molar-refractivity contribution in [1.29, 1.82) is 0 Å². The van der Waals surface area contributed by atoms with E-state index in [1.54, 1.807) is 19.1 Å². The molecule has 0 aliphatic heterocycles. The minimum absolute atomic E-state index is 0.0831. The van der Waals surface area contributed by atoms with Crippen LogP contribution in [0.5, 0.6) is 0 Å². The molecule has 2 rings (SSSR count). The van der Waals surface area contributed by atoms with Crippen LogP contribution in [0.15, 0.2) is 35.1 Å². The van der Waals surface area contributed by atoms with Crippen molar-refractivity contribution in [2.75, 3.05) is 0 Å². The molecule has 1 heterocycles. The van der Waals surface area contributed by atoms with Gasteiger partial charge < -0.3 is 4.52 Å². The van der Waals surface area contributed by atoms with E-state index in [1.165, 1.54) is 18.4 Å². The Morgan fingerprint density at radius 2 is 2.20 bits per heavy atom. The fourth-order valence-corrected chi connectivity index (χ4v) is 1.40. The molecule has 0 spiro atoms. The summed E-state index contributed by atoms with van der Waals surface area (Å²) in [4.78, 5) is 10.1. The fourth-order valence-electron chi connectivity index (χ4n) is 1.40. The number of benzene rings is 1. The summed E-state index contributed by atoms with van der Waals surface area (Å²) in [5.41, 5.74) is 2.41. The summed E-state index contributed by atoms with van der Waals surface area (Å²) < 4.78 is 4.72. The highest BCUT2D eigenvalue weighted by Gasteiger charge is 2.10. The lowest BCUT2D eigenvalue weighted by atomic mass is 10.1. The summed E-state index contributed by atoms with van der Waals surface area (Å²) in [5.74, 6) is 0. The molecule has 5 heteroatoms. The Morgan fingerprint density at radius 1 is 1.40 bits per heavy atom. The minimum Gasteiger partial charge on any atom is -0.364 e. The molecule has 0 aliphatic rings. The lowest BCUT2D eigenvalue weighted by Gasteiger charge is -2.00. The van der Waals surface area contributed by atoms with Crippen molar-refractivity contribution >= 4 is 5.69 Å². The van der Waals surface area contributed by atoms with Crippen molar-refractivity contribution in [2.45, 2.75) is 6.92 Å². The normalized spacial score (nSPS) is 10.2. The van der Waals surface area contributed by atoms with Gasteiger partial charge in [0.15, 0.2) is 0 Å². The summed E-state index contributed by atoms with van der Waals surface area (Å²) in [6.07, 6.45) is 1.47. The molecule has 0 saturated heterocycles. The van der Waals surface area contributed by atoms with Gasteiger partial charge in [0.05, 0.1) is 4.92 Å². The third kappa shape index (κ3) is 1.71. The second-order valence-corrected chi connectivity index (χ2v) is 3.14.